The zero-order valence-corrected chi connectivity index (χ0v) is 23.0. The number of ether oxygens (including phenoxy) is 1. The number of rotatable bonds is 7. The number of nitrogens with zero attached hydrogens (tertiary/aromatic N) is 5. The van der Waals surface area contributed by atoms with E-state index in [1.54, 1.807) is 20.8 Å². The minimum absolute atomic E-state index is 0.254. The molecule has 1 aliphatic rings. The van der Waals surface area contributed by atoms with Gasteiger partial charge in [-0.15, -0.1) is 10.2 Å². The van der Waals surface area contributed by atoms with Crippen LogP contribution < -0.4 is 5.32 Å². The van der Waals surface area contributed by atoms with Crippen LogP contribution in [0.4, 0.5) is 31.1 Å². The maximum Gasteiger partial charge on any atom is 0.451 e. The van der Waals surface area contributed by atoms with E-state index < -0.39 is 84.3 Å². The summed E-state index contributed by atoms with van der Waals surface area (Å²) in [7, 11) is 2.86. The standard InChI is InChI=1S/C25H30F6N6O4/c1-24(2,3)41-23(40)32-14(8-13-9-16(27)17(28)11-15(13)26)10-20(39)36-6-7-37-21(18(36)12-19(38)35(4)5)33-34-22(37)25(29,30)31/h9,11,14,18H,6-8,10,12H2,1-5H3,(H,32,40)/t14-,18-/m1/s1. The monoisotopic (exact) mass is 592 g/mol. The fraction of sp³-hybridized carbons (Fsp3) is 0.560. The number of benzene rings is 1. The summed E-state index contributed by atoms with van der Waals surface area (Å²) in [4.78, 5) is 40.9. The van der Waals surface area contributed by atoms with Crippen molar-refractivity contribution < 1.29 is 45.5 Å². The number of carbonyl (C=O) groups is 3. The van der Waals surface area contributed by atoms with Gasteiger partial charge in [-0.1, -0.05) is 0 Å². The van der Waals surface area contributed by atoms with Crippen molar-refractivity contribution in [1.29, 1.82) is 0 Å². The number of carbonyl (C=O) groups excluding carboxylic acids is 3. The summed E-state index contributed by atoms with van der Waals surface area (Å²) in [5.74, 6) is -6.66. The third kappa shape index (κ3) is 7.88. The minimum atomic E-state index is -4.83. The quantitative estimate of drug-likeness (QED) is 0.389. The average Bonchev–Trinajstić information content (AvgIpc) is 3.26. The third-order valence-electron chi connectivity index (χ3n) is 6.16. The van der Waals surface area contributed by atoms with Crippen LogP contribution >= 0.6 is 0 Å². The largest absolute Gasteiger partial charge is 0.451 e. The van der Waals surface area contributed by atoms with Crippen LogP contribution in [0.25, 0.3) is 0 Å². The molecule has 16 heteroatoms. The molecular formula is C25H30F6N6O4. The first kappa shape index (κ1) is 31.7. The average molecular weight is 593 g/mol. The van der Waals surface area contributed by atoms with E-state index in [2.05, 4.69) is 15.5 Å². The molecule has 0 saturated heterocycles. The van der Waals surface area contributed by atoms with Gasteiger partial charge in [0.1, 0.15) is 17.5 Å². The molecule has 0 fully saturated rings. The predicted octanol–water partition coefficient (Wildman–Crippen LogP) is 3.60. The molecule has 0 radical (unpaired) electrons. The number of fused-ring (bicyclic) bond motifs is 1. The number of halogens is 6. The summed E-state index contributed by atoms with van der Waals surface area (Å²) in [6.07, 6.45) is -7.24. The highest BCUT2D eigenvalue weighted by Gasteiger charge is 2.43. The molecule has 0 aliphatic carbocycles. The Morgan fingerprint density at radius 3 is 2.27 bits per heavy atom. The number of alkyl halides is 3. The number of hydrogen-bond donors (Lipinski definition) is 1. The van der Waals surface area contributed by atoms with Crippen molar-refractivity contribution in [2.24, 2.45) is 0 Å². The molecule has 1 aromatic carbocycles. The highest BCUT2D eigenvalue weighted by atomic mass is 19.4. The van der Waals surface area contributed by atoms with Gasteiger partial charge in [0.05, 0.1) is 6.42 Å². The first-order valence-corrected chi connectivity index (χ1v) is 12.5. The number of alkyl carbamates (subject to hydrolysis) is 1. The van der Waals surface area contributed by atoms with E-state index in [0.29, 0.717) is 12.1 Å². The maximum atomic E-state index is 14.4. The van der Waals surface area contributed by atoms with Gasteiger partial charge in [-0.3, -0.25) is 9.59 Å². The number of amides is 3. The van der Waals surface area contributed by atoms with Gasteiger partial charge in [0.2, 0.25) is 17.6 Å². The molecule has 1 aromatic heterocycles. The topological polar surface area (TPSA) is 110 Å². The van der Waals surface area contributed by atoms with Crippen molar-refractivity contribution in [2.45, 2.75) is 70.4 Å². The van der Waals surface area contributed by atoms with Gasteiger partial charge in [-0.25, -0.2) is 18.0 Å². The molecule has 0 saturated carbocycles. The highest BCUT2D eigenvalue weighted by molar-refractivity contribution is 5.81. The Balaban J connectivity index is 1.93. The summed E-state index contributed by atoms with van der Waals surface area (Å²) in [6.45, 7) is 4.13. The number of nitrogens with one attached hydrogen (secondary N) is 1. The van der Waals surface area contributed by atoms with Crippen molar-refractivity contribution in [3.05, 3.63) is 46.8 Å². The molecule has 41 heavy (non-hydrogen) atoms. The lowest BCUT2D eigenvalue weighted by molar-refractivity contribution is -0.148. The smallest absolute Gasteiger partial charge is 0.444 e. The summed E-state index contributed by atoms with van der Waals surface area (Å²) < 4.78 is 88.2. The summed E-state index contributed by atoms with van der Waals surface area (Å²) in [5, 5.41) is 9.27. The molecule has 0 unspecified atom stereocenters. The molecule has 0 spiro atoms. The number of aromatic nitrogens is 3. The zero-order valence-electron chi connectivity index (χ0n) is 23.0. The summed E-state index contributed by atoms with van der Waals surface area (Å²) >= 11 is 0. The Hall–Kier alpha value is -3.85. The zero-order chi connectivity index (χ0) is 30.9. The second kappa shape index (κ2) is 11.9. The van der Waals surface area contributed by atoms with E-state index in [-0.39, 0.29) is 24.5 Å². The Kier molecular flexibility index (Phi) is 9.23. The van der Waals surface area contributed by atoms with Gasteiger partial charge in [0, 0.05) is 45.7 Å². The van der Waals surface area contributed by atoms with Gasteiger partial charge in [-0.2, -0.15) is 13.2 Å². The second-order valence-electron chi connectivity index (χ2n) is 10.7. The van der Waals surface area contributed by atoms with Crippen LogP contribution in [0, 0.1) is 17.5 Å². The van der Waals surface area contributed by atoms with E-state index in [1.165, 1.54) is 19.0 Å². The fourth-order valence-electron chi connectivity index (χ4n) is 4.30. The molecule has 10 nitrogen and oxygen atoms in total. The Morgan fingerprint density at radius 1 is 1.05 bits per heavy atom. The van der Waals surface area contributed by atoms with Gasteiger partial charge >= 0.3 is 12.3 Å². The van der Waals surface area contributed by atoms with Crippen molar-refractivity contribution in [3.8, 4) is 0 Å². The van der Waals surface area contributed by atoms with Crippen LogP contribution in [-0.4, -0.2) is 74.8 Å². The third-order valence-corrected chi connectivity index (χ3v) is 6.16. The van der Waals surface area contributed by atoms with Crippen LogP contribution in [0.15, 0.2) is 12.1 Å². The Morgan fingerprint density at radius 2 is 1.68 bits per heavy atom. The Bertz CT molecular complexity index is 1310. The molecule has 226 valence electrons. The van der Waals surface area contributed by atoms with Crippen molar-refractivity contribution in [3.63, 3.8) is 0 Å². The predicted molar refractivity (Wildman–Crippen MR) is 131 cm³/mol. The molecule has 2 heterocycles. The minimum Gasteiger partial charge on any atom is -0.444 e. The van der Waals surface area contributed by atoms with Gasteiger partial charge in [0.15, 0.2) is 17.5 Å². The van der Waals surface area contributed by atoms with E-state index in [1.807, 2.05) is 0 Å². The molecule has 1 N–H and O–H groups in total. The van der Waals surface area contributed by atoms with Crippen LogP contribution in [0.2, 0.25) is 0 Å². The highest BCUT2D eigenvalue weighted by Crippen LogP contribution is 2.35. The lowest BCUT2D eigenvalue weighted by atomic mass is 10.00. The SMILES string of the molecule is CN(C)C(=O)C[C@@H]1c2nnc(C(F)(F)F)n2CCN1C(=O)C[C@@H](Cc1cc(F)c(F)cc1F)NC(=O)OC(C)(C)C. The maximum absolute atomic E-state index is 14.4. The molecule has 0 bridgehead atoms. The molecule has 2 aromatic rings. The summed E-state index contributed by atoms with van der Waals surface area (Å²) in [6, 6.07) is -1.53. The molecule has 3 rings (SSSR count). The van der Waals surface area contributed by atoms with E-state index >= 15 is 0 Å². The Labute approximate surface area is 231 Å². The normalized spacial score (nSPS) is 16.2. The van der Waals surface area contributed by atoms with E-state index in [9.17, 15) is 40.7 Å². The second-order valence-corrected chi connectivity index (χ2v) is 10.7. The van der Waals surface area contributed by atoms with Crippen LogP contribution in [-0.2, 0) is 33.5 Å². The van der Waals surface area contributed by atoms with Crippen molar-refractivity contribution >= 4 is 17.9 Å². The van der Waals surface area contributed by atoms with Gasteiger partial charge in [-0.05, 0) is 38.8 Å². The number of hydrogen-bond acceptors (Lipinski definition) is 6. The molecule has 2 atom stereocenters. The first-order valence-electron chi connectivity index (χ1n) is 12.5. The van der Waals surface area contributed by atoms with Gasteiger partial charge < -0.3 is 24.4 Å². The summed E-state index contributed by atoms with van der Waals surface area (Å²) in [5.41, 5.74) is -1.29. The molecule has 1 aliphatic heterocycles. The van der Waals surface area contributed by atoms with Crippen molar-refractivity contribution in [1.82, 2.24) is 29.9 Å². The fourth-order valence-corrected chi connectivity index (χ4v) is 4.30. The van der Waals surface area contributed by atoms with Gasteiger partial charge in [0.25, 0.3) is 0 Å². The molecular weight excluding hydrogens is 562 g/mol. The van der Waals surface area contributed by atoms with Crippen LogP contribution in [0.3, 0.4) is 0 Å². The lowest BCUT2D eigenvalue weighted by Crippen LogP contribution is -2.48. The lowest BCUT2D eigenvalue weighted by Gasteiger charge is -2.37. The molecule has 3 amide bonds. The van der Waals surface area contributed by atoms with Crippen LogP contribution in [0.5, 0.6) is 0 Å². The first-order chi connectivity index (χ1) is 18.9. The van der Waals surface area contributed by atoms with E-state index in [0.717, 1.165) is 9.47 Å². The van der Waals surface area contributed by atoms with Crippen LogP contribution in [0.1, 0.15) is 56.9 Å². The van der Waals surface area contributed by atoms with E-state index in [4.69, 9.17) is 4.74 Å². The van der Waals surface area contributed by atoms with Crippen molar-refractivity contribution in [2.75, 3.05) is 20.6 Å².